The minimum Gasteiger partial charge on any atom is -0.508 e. The fraction of sp³-hybridized carbons (Fsp3) is 0.100. The van der Waals surface area contributed by atoms with Gasteiger partial charge in [-0.15, -0.1) is 0 Å². The van der Waals surface area contributed by atoms with Crippen molar-refractivity contribution in [3.63, 3.8) is 0 Å². The number of carboxylic acid groups (broad SMARTS) is 1. The van der Waals surface area contributed by atoms with Gasteiger partial charge >= 0.3 is 5.97 Å². The molecule has 0 fully saturated rings. The number of phenols is 1. The Morgan fingerprint density at radius 1 is 1.50 bits per heavy atom. The Labute approximate surface area is 81.7 Å². The van der Waals surface area contributed by atoms with Crippen LogP contribution in [0.1, 0.15) is 0 Å². The van der Waals surface area contributed by atoms with E-state index in [1.165, 1.54) is 6.20 Å². The first-order valence-corrected chi connectivity index (χ1v) is 4.02. The number of hydrogen-bond donors (Lipinski definition) is 2. The van der Waals surface area contributed by atoms with E-state index in [2.05, 4.69) is 0 Å². The van der Waals surface area contributed by atoms with E-state index in [1.54, 1.807) is 36.2 Å². The third-order valence-electron chi connectivity index (χ3n) is 1.68. The quantitative estimate of drug-likeness (QED) is 0.713. The van der Waals surface area contributed by atoms with Gasteiger partial charge in [-0.3, -0.25) is 0 Å². The van der Waals surface area contributed by atoms with Crippen molar-refractivity contribution in [3.05, 3.63) is 36.5 Å². The molecule has 0 atom stereocenters. The van der Waals surface area contributed by atoms with Gasteiger partial charge in [0.2, 0.25) is 0 Å². The van der Waals surface area contributed by atoms with Crippen molar-refractivity contribution in [2.75, 3.05) is 11.9 Å². The van der Waals surface area contributed by atoms with Crippen LogP contribution in [0.2, 0.25) is 0 Å². The van der Waals surface area contributed by atoms with E-state index >= 15 is 0 Å². The van der Waals surface area contributed by atoms with E-state index in [9.17, 15) is 9.90 Å². The standard InChI is InChI=1S/C10H11NO3/c1-11(6-5-10(13)14)8-3-2-4-9(12)7-8/h2-7,12H,1H3,(H,13,14)/b6-5+. The van der Waals surface area contributed by atoms with Crippen LogP contribution < -0.4 is 4.90 Å². The minimum absolute atomic E-state index is 0.151. The molecule has 0 aliphatic rings. The van der Waals surface area contributed by atoms with Gasteiger partial charge in [0.15, 0.2) is 0 Å². The summed E-state index contributed by atoms with van der Waals surface area (Å²) in [4.78, 5) is 11.8. The Bertz CT molecular complexity index is 360. The summed E-state index contributed by atoms with van der Waals surface area (Å²) in [5.74, 6) is -0.852. The summed E-state index contributed by atoms with van der Waals surface area (Å²) in [6.45, 7) is 0. The van der Waals surface area contributed by atoms with E-state index in [-0.39, 0.29) is 5.75 Å². The average molecular weight is 193 g/mol. The smallest absolute Gasteiger partial charge is 0.329 e. The van der Waals surface area contributed by atoms with Crippen LogP contribution in [0.5, 0.6) is 5.75 Å². The molecular formula is C10H11NO3. The van der Waals surface area contributed by atoms with Crippen molar-refractivity contribution in [3.8, 4) is 5.75 Å². The molecule has 0 aromatic heterocycles. The van der Waals surface area contributed by atoms with E-state index in [4.69, 9.17) is 5.11 Å². The van der Waals surface area contributed by atoms with Crippen LogP contribution in [0.3, 0.4) is 0 Å². The van der Waals surface area contributed by atoms with E-state index in [1.807, 2.05) is 0 Å². The molecule has 0 aliphatic heterocycles. The van der Waals surface area contributed by atoms with Crippen LogP contribution in [-0.2, 0) is 4.79 Å². The zero-order valence-corrected chi connectivity index (χ0v) is 7.71. The van der Waals surface area contributed by atoms with E-state index in [0.29, 0.717) is 0 Å². The molecule has 0 aliphatic carbocycles. The molecule has 4 nitrogen and oxygen atoms in total. The fourth-order valence-electron chi connectivity index (χ4n) is 0.974. The van der Waals surface area contributed by atoms with Gasteiger partial charge < -0.3 is 15.1 Å². The summed E-state index contributed by atoms with van der Waals surface area (Å²) in [5, 5.41) is 17.6. The largest absolute Gasteiger partial charge is 0.508 e. The molecule has 1 aromatic carbocycles. The van der Waals surface area contributed by atoms with Gasteiger partial charge in [0.05, 0.1) is 0 Å². The molecule has 14 heavy (non-hydrogen) atoms. The van der Waals surface area contributed by atoms with Gasteiger partial charge in [-0.2, -0.15) is 0 Å². The molecule has 0 amide bonds. The highest BCUT2D eigenvalue weighted by molar-refractivity contribution is 5.80. The summed E-state index contributed by atoms with van der Waals surface area (Å²) < 4.78 is 0. The Morgan fingerprint density at radius 2 is 2.21 bits per heavy atom. The second-order valence-corrected chi connectivity index (χ2v) is 2.78. The second-order valence-electron chi connectivity index (χ2n) is 2.78. The predicted molar refractivity (Wildman–Crippen MR) is 53.3 cm³/mol. The van der Waals surface area contributed by atoms with Crippen molar-refractivity contribution >= 4 is 11.7 Å². The molecule has 4 heteroatoms. The molecule has 0 unspecified atom stereocenters. The van der Waals surface area contributed by atoms with Crippen LogP contribution in [0.4, 0.5) is 5.69 Å². The number of hydrogen-bond acceptors (Lipinski definition) is 3. The number of anilines is 1. The highest BCUT2D eigenvalue weighted by Crippen LogP contribution is 2.18. The maximum absolute atomic E-state index is 10.2. The van der Waals surface area contributed by atoms with Gasteiger partial charge in [-0.25, -0.2) is 4.79 Å². The Morgan fingerprint density at radius 3 is 2.79 bits per heavy atom. The van der Waals surface area contributed by atoms with E-state index in [0.717, 1.165) is 11.8 Å². The fourth-order valence-corrected chi connectivity index (χ4v) is 0.974. The maximum atomic E-state index is 10.2. The maximum Gasteiger partial charge on any atom is 0.329 e. The number of aliphatic carboxylic acids is 1. The zero-order valence-electron chi connectivity index (χ0n) is 7.71. The number of carbonyl (C=O) groups is 1. The molecule has 1 aromatic rings. The summed E-state index contributed by atoms with van der Waals surface area (Å²) >= 11 is 0. The topological polar surface area (TPSA) is 60.8 Å². The first-order valence-electron chi connectivity index (χ1n) is 4.02. The Hall–Kier alpha value is -1.97. The lowest BCUT2D eigenvalue weighted by Gasteiger charge is -2.13. The highest BCUT2D eigenvalue weighted by Gasteiger charge is 1.97. The highest BCUT2D eigenvalue weighted by atomic mass is 16.4. The number of carboxylic acids is 1. The molecule has 2 N–H and O–H groups in total. The lowest BCUT2D eigenvalue weighted by molar-refractivity contribution is -0.131. The van der Waals surface area contributed by atoms with Gasteiger partial charge in [0.1, 0.15) is 5.75 Å². The molecule has 0 radical (unpaired) electrons. The van der Waals surface area contributed by atoms with Crippen LogP contribution in [0.15, 0.2) is 36.5 Å². The lowest BCUT2D eigenvalue weighted by atomic mass is 10.3. The van der Waals surface area contributed by atoms with Gasteiger partial charge in [-0.1, -0.05) is 6.07 Å². The molecule has 74 valence electrons. The summed E-state index contributed by atoms with van der Waals surface area (Å²) in [5.41, 5.74) is 0.725. The summed E-state index contributed by atoms with van der Waals surface area (Å²) in [7, 11) is 1.70. The number of nitrogens with zero attached hydrogens (tertiary/aromatic N) is 1. The number of phenolic OH excluding ortho intramolecular Hbond substituents is 1. The normalized spacial score (nSPS) is 10.4. The molecule has 0 saturated carbocycles. The van der Waals surface area contributed by atoms with Gasteiger partial charge in [0.25, 0.3) is 0 Å². The molecule has 0 heterocycles. The first kappa shape index (κ1) is 10.1. The van der Waals surface area contributed by atoms with Crippen molar-refractivity contribution < 1.29 is 15.0 Å². The van der Waals surface area contributed by atoms with Crippen molar-refractivity contribution in [2.45, 2.75) is 0 Å². The van der Waals surface area contributed by atoms with Gasteiger partial charge in [0, 0.05) is 31.1 Å². The molecular weight excluding hydrogens is 182 g/mol. The zero-order chi connectivity index (χ0) is 10.6. The minimum atomic E-state index is -1.00. The number of rotatable bonds is 3. The van der Waals surface area contributed by atoms with Crippen LogP contribution in [-0.4, -0.2) is 23.2 Å². The predicted octanol–water partition coefficient (Wildman–Crippen LogP) is 1.43. The van der Waals surface area contributed by atoms with Crippen LogP contribution >= 0.6 is 0 Å². The van der Waals surface area contributed by atoms with Crippen molar-refractivity contribution in [1.29, 1.82) is 0 Å². The monoisotopic (exact) mass is 193 g/mol. The SMILES string of the molecule is CN(/C=C/C(=O)O)c1cccc(O)c1. The third-order valence-corrected chi connectivity index (χ3v) is 1.68. The van der Waals surface area contributed by atoms with Gasteiger partial charge in [-0.05, 0) is 12.1 Å². The number of aromatic hydroxyl groups is 1. The van der Waals surface area contributed by atoms with Crippen LogP contribution in [0, 0.1) is 0 Å². The molecule has 1 rings (SSSR count). The number of benzene rings is 1. The molecule has 0 saturated heterocycles. The Balaban J connectivity index is 2.79. The third kappa shape index (κ3) is 2.82. The first-order chi connectivity index (χ1) is 6.59. The molecule has 0 spiro atoms. The van der Waals surface area contributed by atoms with E-state index < -0.39 is 5.97 Å². The molecule has 0 bridgehead atoms. The van der Waals surface area contributed by atoms with Crippen molar-refractivity contribution in [2.24, 2.45) is 0 Å². The summed E-state index contributed by atoms with van der Waals surface area (Å²) in [6, 6.07) is 6.56. The second kappa shape index (κ2) is 4.32. The summed E-state index contributed by atoms with van der Waals surface area (Å²) in [6.07, 6.45) is 2.45. The average Bonchev–Trinajstić information content (AvgIpc) is 2.14. The van der Waals surface area contributed by atoms with Crippen molar-refractivity contribution in [1.82, 2.24) is 0 Å². The van der Waals surface area contributed by atoms with Crippen LogP contribution in [0.25, 0.3) is 0 Å². The Kier molecular flexibility index (Phi) is 3.12. The lowest BCUT2D eigenvalue weighted by Crippen LogP contribution is -2.08.